The Kier molecular flexibility index (Phi) is 5.00. The number of benzene rings is 2. The molecule has 0 fully saturated rings. The number of aromatic nitrogens is 1. The first-order chi connectivity index (χ1) is 9.74. The van der Waals surface area contributed by atoms with Gasteiger partial charge in [-0.25, -0.2) is 0 Å². The summed E-state index contributed by atoms with van der Waals surface area (Å²) in [6, 6.07) is 17.1. The van der Waals surface area contributed by atoms with E-state index < -0.39 is 0 Å². The molecule has 1 nitrogen and oxygen atoms in total. The highest BCUT2D eigenvalue weighted by molar-refractivity contribution is 5.82. The lowest BCUT2D eigenvalue weighted by molar-refractivity contribution is 1.14. The zero-order valence-corrected chi connectivity index (χ0v) is 12.6. The molecule has 0 saturated heterocycles. The summed E-state index contributed by atoms with van der Waals surface area (Å²) in [5.41, 5.74) is 5.40. The summed E-state index contributed by atoms with van der Waals surface area (Å²) >= 11 is 0. The van der Waals surface area contributed by atoms with Gasteiger partial charge in [0.2, 0.25) is 0 Å². The molecule has 0 aliphatic rings. The summed E-state index contributed by atoms with van der Waals surface area (Å²) in [4.78, 5) is 3.24. The Morgan fingerprint density at radius 1 is 0.850 bits per heavy atom. The number of fused-ring (bicyclic) bond motifs is 1. The van der Waals surface area contributed by atoms with Gasteiger partial charge in [0, 0.05) is 17.1 Å². The van der Waals surface area contributed by atoms with Crippen molar-refractivity contribution < 1.29 is 0 Å². The predicted molar refractivity (Wildman–Crippen MR) is 88.2 cm³/mol. The molecule has 20 heavy (non-hydrogen) atoms. The lowest BCUT2D eigenvalue weighted by Gasteiger charge is -1.94. The van der Waals surface area contributed by atoms with E-state index in [4.69, 9.17) is 0 Å². The molecule has 1 aromatic heterocycles. The number of para-hydroxylation sites is 1. The number of aryl methyl sites for hydroxylation is 3. The van der Waals surface area contributed by atoms with Crippen LogP contribution in [-0.4, -0.2) is 4.98 Å². The van der Waals surface area contributed by atoms with Gasteiger partial charge < -0.3 is 4.98 Å². The summed E-state index contributed by atoms with van der Waals surface area (Å²) in [7, 11) is 0. The molecule has 0 unspecified atom stereocenters. The van der Waals surface area contributed by atoms with Crippen molar-refractivity contribution in [1.29, 1.82) is 0 Å². The molecule has 1 heteroatoms. The summed E-state index contributed by atoms with van der Waals surface area (Å²) in [6.07, 6.45) is 4.33. The van der Waals surface area contributed by atoms with Gasteiger partial charge >= 0.3 is 0 Å². The second-order valence-electron chi connectivity index (χ2n) is 5.05. The Hall–Kier alpha value is -2.02. The number of hydrogen-bond donors (Lipinski definition) is 1. The van der Waals surface area contributed by atoms with Crippen LogP contribution in [0.1, 0.15) is 30.5 Å². The van der Waals surface area contributed by atoms with Gasteiger partial charge in [0.15, 0.2) is 0 Å². The molecule has 0 spiro atoms. The minimum Gasteiger partial charge on any atom is -0.361 e. The molecule has 0 radical (unpaired) electrons. The number of rotatable bonds is 2. The van der Waals surface area contributed by atoms with Crippen LogP contribution >= 0.6 is 0 Å². The van der Waals surface area contributed by atoms with Gasteiger partial charge in [-0.15, -0.1) is 0 Å². The average molecular weight is 265 g/mol. The van der Waals surface area contributed by atoms with Crippen LogP contribution in [0.25, 0.3) is 10.9 Å². The summed E-state index contributed by atoms with van der Waals surface area (Å²) in [5.74, 6) is 0. The first-order valence-electron chi connectivity index (χ1n) is 7.35. The van der Waals surface area contributed by atoms with Crippen molar-refractivity contribution in [1.82, 2.24) is 4.98 Å². The van der Waals surface area contributed by atoms with Crippen LogP contribution in [0.15, 0.2) is 54.7 Å². The first-order valence-corrected chi connectivity index (χ1v) is 7.35. The van der Waals surface area contributed by atoms with Gasteiger partial charge in [0.25, 0.3) is 0 Å². The third-order valence-electron chi connectivity index (χ3n) is 3.58. The maximum atomic E-state index is 3.24. The maximum absolute atomic E-state index is 3.24. The van der Waals surface area contributed by atoms with E-state index in [9.17, 15) is 0 Å². The molecule has 1 heterocycles. The first kappa shape index (κ1) is 14.4. The molecular formula is C19H23N. The van der Waals surface area contributed by atoms with Gasteiger partial charge in [-0.3, -0.25) is 0 Å². The van der Waals surface area contributed by atoms with Crippen LogP contribution in [0.3, 0.4) is 0 Å². The zero-order valence-electron chi connectivity index (χ0n) is 12.6. The van der Waals surface area contributed by atoms with Crippen LogP contribution < -0.4 is 0 Å². The quantitative estimate of drug-likeness (QED) is 0.648. The van der Waals surface area contributed by atoms with Crippen LogP contribution in [0.4, 0.5) is 0 Å². The number of nitrogens with one attached hydrogen (secondary N) is 1. The van der Waals surface area contributed by atoms with E-state index in [0.29, 0.717) is 0 Å². The van der Waals surface area contributed by atoms with Crippen molar-refractivity contribution in [2.45, 2.75) is 33.6 Å². The molecule has 0 aliphatic heterocycles. The molecule has 0 saturated carbocycles. The lowest BCUT2D eigenvalue weighted by atomic mass is 10.1. The van der Waals surface area contributed by atoms with Crippen LogP contribution in [-0.2, 0) is 12.8 Å². The lowest BCUT2D eigenvalue weighted by Crippen LogP contribution is -1.77. The molecule has 104 valence electrons. The van der Waals surface area contributed by atoms with Gasteiger partial charge in [0.05, 0.1) is 0 Å². The summed E-state index contributed by atoms with van der Waals surface area (Å²) in [6.45, 7) is 6.46. The fourth-order valence-electron chi connectivity index (χ4n) is 2.25. The number of aromatic amines is 1. The molecule has 1 N–H and O–H groups in total. The van der Waals surface area contributed by atoms with E-state index >= 15 is 0 Å². The highest BCUT2D eigenvalue weighted by atomic mass is 14.7. The number of hydrogen-bond acceptors (Lipinski definition) is 0. The van der Waals surface area contributed by atoms with Gasteiger partial charge in [-0.2, -0.15) is 0 Å². The third-order valence-corrected chi connectivity index (χ3v) is 3.58. The highest BCUT2D eigenvalue weighted by Crippen LogP contribution is 2.17. The Balaban J connectivity index is 0.000000151. The molecule has 3 rings (SSSR count). The van der Waals surface area contributed by atoms with Crippen molar-refractivity contribution in [3.8, 4) is 0 Å². The van der Waals surface area contributed by atoms with E-state index in [1.165, 1.54) is 27.6 Å². The standard InChI is InChI=1S/C10H11N.C9H12/c1-2-8-7-11-10-6-4-3-5-9(8)10;1-3-9-6-4-8(2)5-7-9/h3-7,11H,2H2,1H3;4-7H,3H2,1-2H3. The molecular weight excluding hydrogens is 242 g/mol. The van der Waals surface area contributed by atoms with Crippen molar-refractivity contribution in [2.75, 3.05) is 0 Å². The summed E-state index contributed by atoms with van der Waals surface area (Å²) in [5, 5.41) is 1.36. The van der Waals surface area contributed by atoms with E-state index in [-0.39, 0.29) is 0 Å². The van der Waals surface area contributed by atoms with Gasteiger partial charge in [0.1, 0.15) is 0 Å². The Morgan fingerprint density at radius 3 is 2.20 bits per heavy atom. The van der Waals surface area contributed by atoms with E-state index in [2.05, 4.69) is 80.5 Å². The van der Waals surface area contributed by atoms with E-state index in [1.807, 2.05) is 0 Å². The predicted octanol–water partition coefficient (Wildman–Crippen LogP) is 5.29. The Labute approximate surface area is 121 Å². The van der Waals surface area contributed by atoms with Gasteiger partial charge in [-0.05, 0) is 37.0 Å². The highest BCUT2D eigenvalue weighted by Gasteiger charge is 1.97. The van der Waals surface area contributed by atoms with Crippen LogP contribution in [0.5, 0.6) is 0 Å². The molecule has 0 bridgehead atoms. The Bertz CT molecular complexity index is 647. The second kappa shape index (κ2) is 6.95. The molecule has 3 aromatic rings. The topological polar surface area (TPSA) is 15.8 Å². The molecule has 0 amide bonds. The normalized spacial score (nSPS) is 10.2. The van der Waals surface area contributed by atoms with Crippen LogP contribution in [0, 0.1) is 6.92 Å². The summed E-state index contributed by atoms with van der Waals surface area (Å²) < 4.78 is 0. The monoisotopic (exact) mass is 265 g/mol. The fraction of sp³-hybridized carbons (Fsp3) is 0.263. The average Bonchev–Trinajstić information content (AvgIpc) is 2.92. The minimum absolute atomic E-state index is 1.10. The van der Waals surface area contributed by atoms with E-state index in [0.717, 1.165) is 12.8 Å². The van der Waals surface area contributed by atoms with Crippen molar-refractivity contribution in [3.63, 3.8) is 0 Å². The van der Waals surface area contributed by atoms with Crippen LogP contribution in [0.2, 0.25) is 0 Å². The number of H-pyrrole nitrogens is 1. The molecule has 2 aromatic carbocycles. The molecule has 0 aliphatic carbocycles. The SMILES string of the molecule is CCc1c[nH]c2ccccc12.CCc1ccc(C)cc1. The zero-order chi connectivity index (χ0) is 14.4. The van der Waals surface area contributed by atoms with Gasteiger partial charge in [-0.1, -0.05) is 61.9 Å². The minimum atomic E-state index is 1.10. The van der Waals surface area contributed by atoms with Crippen molar-refractivity contribution in [3.05, 3.63) is 71.4 Å². The third kappa shape index (κ3) is 3.51. The second-order valence-corrected chi connectivity index (χ2v) is 5.05. The largest absolute Gasteiger partial charge is 0.361 e. The maximum Gasteiger partial charge on any atom is 0.0456 e. The smallest absolute Gasteiger partial charge is 0.0456 e. The van der Waals surface area contributed by atoms with Crippen molar-refractivity contribution in [2.24, 2.45) is 0 Å². The van der Waals surface area contributed by atoms with Crippen molar-refractivity contribution >= 4 is 10.9 Å². The molecule has 0 atom stereocenters. The van der Waals surface area contributed by atoms with E-state index in [1.54, 1.807) is 0 Å². The fourth-order valence-corrected chi connectivity index (χ4v) is 2.25. The Morgan fingerprint density at radius 2 is 1.55 bits per heavy atom.